The first kappa shape index (κ1) is 18.2. The third-order valence-corrected chi connectivity index (χ3v) is 3.82. The molecule has 1 rings (SSSR count). The molecule has 0 aliphatic carbocycles. The van der Waals surface area contributed by atoms with Crippen molar-refractivity contribution in [3.63, 3.8) is 0 Å². The van der Waals surface area contributed by atoms with Crippen LogP contribution in [0.25, 0.3) is 0 Å². The zero-order chi connectivity index (χ0) is 16.4. The highest BCUT2D eigenvalue weighted by Crippen LogP contribution is 2.33. The van der Waals surface area contributed by atoms with E-state index in [9.17, 15) is 10.1 Å². The lowest BCUT2D eigenvalue weighted by Crippen LogP contribution is -2.29. The molecule has 0 radical (unpaired) electrons. The van der Waals surface area contributed by atoms with Crippen LogP contribution >= 0.6 is 0 Å². The van der Waals surface area contributed by atoms with Crippen LogP contribution in [0.5, 0.6) is 0 Å². The lowest BCUT2D eigenvalue weighted by Gasteiger charge is -2.28. The lowest BCUT2D eigenvalue weighted by molar-refractivity contribution is -0.143. The fourth-order valence-electron chi connectivity index (χ4n) is 2.53. The van der Waals surface area contributed by atoms with Crippen LogP contribution in [-0.4, -0.2) is 38.1 Å². The molecule has 0 heterocycles. The predicted octanol–water partition coefficient (Wildman–Crippen LogP) is 3.13. The number of hydrogen-bond acceptors (Lipinski definition) is 4. The van der Waals surface area contributed by atoms with E-state index in [4.69, 9.17) is 4.74 Å². The van der Waals surface area contributed by atoms with Crippen LogP contribution in [0.3, 0.4) is 0 Å². The van der Waals surface area contributed by atoms with Crippen LogP contribution in [0.4, 0.5) is 0 Å². The van der Waals surface area contributed by atoms with E-state index in [1.54, 1.807) is 6.92 Å². The van der Waals surface area contributed by atoms with Gasteiger partial charge in [0.2, 0.25) is 0 Å². The van der Waals surface area contributed by atoms with E-state index >= 15 is 0 Å². The smallest absolute Gasteiger partial charge is 0.305 e. The Morgan fingerprint density at radius 3 is 2.50 bits per heavy atom. The fourth-order valence-corrected chi connectivity index (χ4v) is 2.53. The monoisotopic (exact) mass is 302 g/mol. The first-order valence-corrected chi connectivity index (χ1v) is 7.81. The van der Waals surface area contributed by atoms with Crippen LogP contribution in [0, 0.1) is 11.3 Å². The topological polar surface area (TPSA) is 53.3 Å². The van der Waals surface area contributed by atoms with Crippen molar-refractivity contribution in [2.24, 2.45) is 0 Å². The van der Waals surface area contributed by atoms with Gasteiger partial charge in [0, 0.05) is 6.42 Å². The summed E-state index contributed by atoms with van der Waals surface area (Å²) < 4.78 is 4.96. The summed E-state index contributed by atoms with van der Waals surface area (Å²) in [4.78, 5) is 13.6. The summed E-state index contributed by atoms with van der Waals surface area (Å²) in [6, 6.07) is 12.4. The van der Waals surface area contributed by atoms with Crippen molar-refractivity contribution in [3.8, 4) is 6.07 Å². The third kappa shape index (κ3) is 5.50. The summed E-state index contributed by atoms with van der Waals surface area (Å²) in [6.45, 7) is 3.04. The van der Waals surface area contributed by atoms with Gasteiger partial charge in [-0.05, 0) is 52.4 Å². The van der Waals surface area contributed by atoms with Crippen molar-refractivity contribution in [1.82, 2.24) is 4.90 Å². The highest BCUT2D eigenvalue weighted by Gasteiger charge is 2.31. The number of nitriles is 1. The molecular formula is C18H26N2O2. The van der Waals surface area contributed by atoms with Crippen molar-refractivity contribution in [2.45, 2.75) is 38.0 Å². The lowest BCUT2D eigenvalue weighted by atomic mass is 9.75. The Morgan fingerprint density at radius 1 is 1.27 bits per heavy atom. The largest absolute Gasteiger partial charge is 0.466 e. The zero-order valence-electron chi connectivity index (χ0n) is 13.8. The molecule has 0 aromatic heterocycles. The Balaban J connectivity index is 2.82. The minimum Gasteiger partial charge on any atom is -0.466 e. The van der Waals surface area contributed by atoms with Gasteiger partial charge in [0.1, 0.15) is 0 Å². The molecule has 0 bridgehead atoms. The second-order valence-corrected chi connectivity index (χ2v) is 5.77. The molecule has 0 spiro atoms. The molecule has 0 saturated carbocycles. The number of carbonyl (C=O) groups is 1. The zero-order valence-corrected chi connectivity index (χ0v) is 13.8. The number of rotatable bonds is 9. The van der Waals surface area contributed by atoms with Crippen molar-refractivity contribution < 1.29 is 9.53 Å². The summed E-state index contributed by atoms with van der Waals surface area (Å²) in [5, 5.41) is 9.83. The van der Waals surface area contributed by atoms with Crippen molar-refractivity contribution in [3.05, 3.63) is 35.9 Å². The van der Waals surface area contributed by atoms with Crippen LogP contribution in [0.2, 0.25) is 0 Å². The van der Waals surface area contributed by atoms with Crippen molar-refractivity contribution in [2.75, 3.05) is 27.2 Å². The maximum Gasteiger partial charge on any atom is 0.305 e. The minimum absolute atomic E-state index is 0.185. The standard InChI is InChI=1S/C18H26N2O2/c1-4-22-17(21)11-8-12-18(15-19,13-14-20(2)3)16-9-6-5-7-10-16/h5-7,9-10H,4,8,11-14H2,1-3H3/t18-/m0/s1. The predicted molar refractivity (Wildman–Crippen MR) is 87.4 cm³/mol. The highest BCUT2D eigenvalue weighted by molar-refractivity contribution is 5.69. The number of esters is 1. The number of benzene rings is 1. The molecule has 0 amide bonds. The molecule has 0 fully saturated rings. The van der Waals surface area contributed by atoms with E-state index in [-0.39, 0.29) is 5.97 Å². The summed E-state index contributed by atoms with van der Waals surface area (Å²) >= 11 is 0. The van der Waals surface area contributed by atoms with Gasteiger partial charge in [-0.3, -0.25) is 4.79 Å². The van der Waals surface area contributed by atoms with Crippen LogP contribution < -0.4 is 0 Å². The normalized spacial score (nSPS) is 13.4. The van der Waals surface area contributed by atoms with Gasteiger partial charge in [-0.15, -0.1) is 0 Å². The van der Waals surface area contributed by atoms with Gasteiger partial charge >= 0.3 is 5.97 Å². The van der Waals surface area contributed by atoms with E-state index in [0.29, 0.717) is 25.9 Å². The molecule has 0 unspecified atom stereocenters. The van der Waals surface area contributed by atoms with Gasteiger partial charge in [0.25, 0.3) is 0 Å². The minimum atomic E-state index is -0.544. The summed E-state index contributed by atoms with van der Waals surface area (Å²) in [5.41, 5.74) is 0.487. The Hall–Kier alpha value is -1.86. The van der Waals surface area contributed by atoms with E-state index in [1.807, 2.05) is 44.4 Å². The Morgan fingerprint density at radius 2 is 1.95 bits per heavy atom. The molecule has 22 heavy (non-hydrogen) atoms. The van der Waals surface area contributed by atoms with Gasteiger partial charge in [-0.25, -0.2) is 0 Å². The molecular weight excluding hydrogens is 276 g/mol. The van der Waals surface area contributed by atoms with E-state index < -0.39 is 5.41 Å². The van der Waals surface area contributed by atoms with Crippen LogP contribution in [0.1, 0.15) is 38.2 Å². The number of carbonyl (C=O) groups excluding carboxylic acids is 1. The van der Waals surface area contributed by atoms with Crippen molar-refractivity contribution in [1.29, 1.82) is 5.26 Å². The average molecular weight is 302 g/mol. The van der Waals surface area contributed by atoms with E-state index in [0.717, 1.165) is 18.5 Å². The van der Waals surface area contributed by atoms with Crippen LogP contribution in [0.15, 0.2) is 30.3 Å². The molecule has 0 aliphatic heterocycles. The molecule has 4 nitrogen and oxygen atoms in total. The van der Waals surface area contributed by atoms with Gasteiger partial charge < -0.3 is 9.64 Å². The maximum atomic E-state index is 11.5. The molecule has 1 aromatic carbocycles. The Bertz CT molecular complexity index is 494. The second kappa shape index (κ2) is 9.22. The molecule has 1 aromatic rings. The quantitative estimate of drug-likeness (QED) is 0.658. The van der Waals surface area contributed by atoms with Gasteiger partial charge in [-0.1, -0.05) is 30.3 Å². The Kier molecular flexibility index (Phi) is 7.62. The van der Waals surface area contributed by atoms with Crippen molar-refractivity contribution >= 4 is 5.97 Å². The van der Waals surface area contributed by atoms with E-state index in [2.05, 4.69) is 11.0 Å². The molecule has 1 atom stereocenters. The summed E-state index contributed by atoms with van der Waals surface area (Å²) in [5.74, 6) is -0.185. The molecule has 0 N–H and O–H groups in total. The molecule has 0 aliphatic rings. The van der Waals surface area contributed by atoms with Gasteiger partial charge in [0.05, 0.1) is 18.1 Å². The first-order valence-electron chi connectivity index (χ1n) is 7.81. The average Bonchev–Trinajstić information content (AvgIpc) is 2.52. The third-order valence-electron chi connectivity index (χ3n) is 3.82. The van der Waals surface area contributed by atoms with Crippen LogP contribution in [-0.2, 0) is 14.9 Å². The second-order valence-electron chi connectivity index (χ2n) is 5.77. The van der Waals surface area contributed by atoms with Gasteiger partial charge in [0.15, 0.2) is 0 Å². The Labute approximate surface area is 133 Å². The number of hydrogen-bond donors (Lipinski definition) is 0. The number of nitrogens with zero attached hydrogens (tertiary/aromatic N) is 2. The summed E-state index contributed by atoms with van der Waals surface area (Å²) in [7, 11) is 4.01. The molecule has 120 valence electrons. The highest BCUT2D eigenvalue weighted by atomic mass is 16.5. The first-order chi connectivity index (χ1) is 10.5. The maximum absolute atomic E-state index is 11.5. The van der Waals surface area contributed by atoms with Gasteiger partial charge in [-0.2, -0.15) is 5.26 Å². The number of ether oxygens (including phenoxy) is 1. The van der Waals surface area contributed by atoms with E-state index in [1.165, 1.54) is 0 Å². The molecule has 0 saturated heterocycles. The summed E-state index contributed by atoms with van der Waals surface area (Å²) in [6.07, 6.45) is 2.45. The fraction of sp³-hybridized carbons (Fsp3) is 0.556. The molecule has 4 heteroatoms. The SMILES string of the molecule is CCOC(=O)CCC[C@@](C#N)(CCN(C)C)c1ccccc1.